The Bertz CT molecular complexity index is 1460. The number of alkyl halides is 3. The topological polar surface area (TPSA) is 121 Å². The van der Waals surface area contributed by atoms with E-state index in [-0.39, 0.29) is 11.8 Å². The maximum absolute atomic E-state index is 13.7. The number of hydrogen-bond donors (Lipinski definition) is 2. The fraction of sp³-hybridized carbons (Fsp3) is 0.545. The summed E-state index contributed by atoms with van der Waals surface area (Å²) in [5.41, 5.74) is 3.85. The highest BCUT2D eigenvalue weighted by Gasteiger charge is 2.38. The number of carbonyl (C=O) groups excluding carboxylic acids is 4. The normalized spacial score (nSPS) is 17.2. The minimum Gasteiger partial charge on any atom is -0.460 e. The molecule has 2 aromatic rings. The Kier molecular flexibility index (Phi) is 12.9. The number of halogens is 3. The molecular formula is C33H44Cl3N5O5. The Hall–Kier alpha value is -2.92. The first-order valence-corrected chi connectivity index (χ1v) is 16.5. The molecule has 1 aromatic carbocycles. The molecule has 1 fully saturated rings. The van der Waals surface area contributed by atoms with Crippen molar-refractivity contribution in [3.8, 4) is 0 Å². The molecule has 3 unspecified atom stereocenters. The van der Waals surface area contributed by atoms with Crippen molar-refractivity contribution in [2.75, 3.05) is 20.2 Å². The van der Waals surface area contributed by atoms with Gasteiger partial charge in [0.05, 0.1) is 11.1 Å². The number of carbonyl (C=O) groups is 4. The lowest BCUT2D eigenvalue weighted by molar-refractivity contribution is -0.153. The molecule has 0 bridgehead atoms. The first kappa shape index (κ1) is 37.5. The Morgan fingerprint density at radius 1 is 1.15 bits per heavy atom. The van der Waals surface area contributed by atoms with E-state index in [1.54, 1.807) is 33.9 Å². The molecule has 3 rings (SSSR count). The van der Waals surface area contributed by atoms with Crippen molar-refractivity contribution in [3.05, 3.63) is 47.8 Å². The highest BCUT2D eigenvalue weighted by molar-refractivity contribution is 6.67. The number of nitrogens with zero attached hydrogens (tertiary/aromatic N) is 3. The number of hydrogen-bond acceptors (Lipinski definition) is 7. The molecule has 10 nitrogen and oxygen atoms in total. The number of amides is 3. The van der Waals surface area contributed by atoms with Crippen LogP contribution in [0.3, 0.4) is 0 Å². The summed E-state index contributed by atoms with van der Waals surface area (Å²) in [6, 6.07) is 5.67. The van der Waals surface area contributed by atoms with Crippen LogP contribution in [0, 0.1) is 11.3 Å². The van der Waals surface area contributed by atoms with Gasteiger partial charge < -0.3 is 15.0 Å². The molecule has 2 heterocycles. The summed E-state index contributed by atoms with van der Waals surface area (Å²) in [5.74, 6) is -2.08. The van der Waals surface area contributed by atoms with Gasteiger partial charge in [-0.15, -0.1) is 0 Å². The largest absolute Gasteiger partial charge is 0.460 e. The third-order valence-corrected chi connectivity index (χ3v) is 8.25. The standard InChI is InChI=1S/C33H44Cl3N5O5/c1-8-22-11-12-23-18-37-25(17-24(23)16-22)13-14-32(5,6)31(45)40(7)27(20(2)3)28(42)38-21(4)29(43)41-15-9-10-26(39-41)30(44)46-19-33(34,35)36/h11-14,16-18,20-21,26-27,39H,8-10,15,19H2,1-7H3,(H,38,42)/b14-13+. The summed E-state index contributed by atoms with van der Waals surface area (Å²) < 4.78 is 3.30. The number of esters is 1. The molecule has 0 spiro atoms. The molecular weight excluding hydrogens is 653 g/mol. The van der Waals surface area contributed by atoms with E-state index in [1.165, 1.54) is 15.5 Å². The summed E-state index contributed by atoms with van der Waals surface area (Å²) >= 11 is 17.0. The van der Waals surface area contributed by atoms with Gasteiger partial charge in [0.15, 0.2) is 0 Å². The van der Waals surface area contributed by atoms with Gasteiger partial charge in [0.2, 0.25) is 15.6 Å². The molecule has 46 heavy (non-hydrogen) atoms. The van der Waals surface area contributed by atoms with Crippen molar-refractivity contribution < 1.29 is 23.9 Å². The zero-order valence-corrected chi connectivity index (χ0v) is 29.7. The van der Waals surface area contributed by atoms with Gasteiger partial charge in [-0.25, -0.2) is 5.43 Å². The van der Waals surface area contributed by atoms with E-state index < -0.39 is 51.7 Å². The average molecular weight is 697 g/mol. The van der Waals surface area contributed by atoms with Crippen LogP contribution in [0.15, 0.2) is 36.5 Å². The van der Waals surface area contributed by atoms with Crippen LogP contribution in [0.4, 0.5) is 0 Å². The number of likely N-dealkylation sites (N-methyl/N-ethyl adjacent to an activating group) is 1. The lowest BCUT2D eigenvalue weighted by Gasteiger charge is -2.37. The van der Waals surface area contributed by atoms with Gasteiger partial charge in [-0.05, 0) is 69.0 Å². The zero-order valence-electron chi connectivity index (χ0n) is 27.4. The van der Waals surface area contributed by atoms with Gasteiger partial charge in [0.25, 0.3) is 5.91 Å². The number of hydrazine groups is 1. The molecule has 13 heteroatoms. The maximum Gasteiger partial charge on any atom is 0.325 e. The monoisotopic (exact) mass is 695 g/mol. The summed E-state index contributed by atoms with van der Waals surface area (Å²) in [5, 5.41) is 6.16. The SMILES string of the molecule is CCc1ccc2cnc(/C=C/C(C)(C)C(=O)N(C)C(C(=O)NC(C)C(=O)N3CCCC(C(=O)OCC(Cl)(Cl)Cl)N3)C(C)C)cc2c1. The fourth-order valence-electron chi connectivity index (χ4n) is 5.35. The van der Waals surface area contributed by atoms with Gasteiger partial charge in [0, 0.05) is 25.2 Å². The van der Waals surface area contributed by atoms with Crippen molar-refractivity contribution in [1.29, 1.82) is 0 Å². The molecule has 3 amide bonds. The number of nitrogens with one attached hydrogen (secondary N) is 2. The molecule has 0 aliphatic carbocycles. The molecule has 0 saturated carbocycles. The third kappa shape index (κ3) is 10.0. The minimum absolute atomic E-state index is 0.254. The van der Waals surface area contributed by atoms with Gasteiger partial charge in [-0.3, -0.25) is 29.2 Å². The molecule has 2 N–H and O–H groups in total. The smallest absolute Gasteiger partial charge is 0.325 e. The first-order valence-electron chi connectivity index (χ1n) is 15.4. The molecule has 1 saturated heterocycles. The molecule has 0 radical (unpaired) electrons. The summed E-state index contributed by atoms with van der Waals surface area (Å²) in [6.45, 7) is 10.8. The molecule has 252 valence electrons. The third-order valence-electron chi connectivity index (χ3n) is 7.92. The second-order valence-electron chi connectivity index (χ2n) is 12.6. The van der Waals surface area contributed by atoms with Crippen LogP contribution in [-0.2, 0) is 30.3 Å². The Morgan fingerprint density at radius 3 is 2.48 bits per heavy atom. The van der Waals surface area contributed by atoms with E-state index in [2.05, 4.69) is 40.8 Å². The Morgan fingerprint density at radius 2 is 1.85 bits per heavy atom. The Labute approximate surface area is 286 Å². The number of aryl methyl sites for hydroxylation is 1. The minimum atomic E-state index is -1.75. The number of benzene rings is 1. The number of pyridine rings is 1. The second-order valence-corrected chi connectivity index (χ2v) is 15.1. The maximum atomic E-state index is 13.7. The predicted octanol–water partition coefficient (Wildman–Crippen LogP) is 5.23. The van der Waals surface area contributed by atoms with E-state index in [1.807, 2.05) is 32.2 Å². The lowest BCUT2D eigenvalue weighted by Crippen LogP contribution is -2.61. The van der Waals surface area contributed by atoms with Crippen LogP contribution in [0.5, 0.6) is 0 Å². The number of aromatic nitrogens is 1. The van der Waals surface area contributed by atoms with Crippen LogP contribution >= 0.6 is 34.8 Å². The summed E-state index contributed by atoms with van der Waals surface area (Å²) in [7, 11) is 1.59. The highest BCUT2D eigenvalue weighted by atomic mass is 35.6. The number of ether oxygens (including phenoxy) is 1. The Balaban J connectivity index is 1.66. The van der Waals surface area contributed by atoms with Crippen molar-refractivity contribution in [3.63, 3.8) is 0 Å². The predicted molar refractivity (Wildman–Crippen MR) is 182 cm³/mol. The van der Waals surface area contributed by atoms with Crippen LogP contribution in [0.1, 0.15) is 65.6 Å². The molecule has 1 aliphatic rings. The number of fused-ring (bicyclic) bond motifs is 1. The van der Waals surface area contributed by atoms with E-state index in [4.69, 9.17) is 39.5 Å². The molecule has 3 atom stereocenters. The van der Waals surface area contributed by atoms with Gasteiger partial charge in [-0.2, -0.15) is 0 Å². The van der Waals surface area contributed by atoms with Crippen molar-refractivity contribution >= 4 is 75.3 Å². The van der Waals surface area contributed by atoms with E-state index >= 15 is 0 Å². The second kappa shape index (κ2) is 15.8. The van der Waals surface area contributed by atoms with Gasteiger partial charge in [0.1, 0.15) is 24.7 Å². The van der Waals surface area contributed by atoms with Crippen molar-refractivity contribution in [2.45, 2.75) is 82.7 Å². The lowest BCUT2D eigenvalue weighted by atomic mass is 9.89. The fourth-order valence-corrected chi connectivity index (χ4v) is 5.52. The van der Waals surface area contributed by atoms with Crippen LogP contribution in [0.25, 0.3) is 16.8 Å². The van der Waals surface area contributed by atoms with Crippen LogP contribution < -0.4 is 10.7 Å². The first-order chi connectivity index (χ1) is 21.4. The van der Waals surface area contributed by atoms with Crippen LogP contribution in [0.2, 0.25) is 0 Å². The van der Waals surface area contributed by atoms with Crippen molar-refractivity contribution in [2.24, 2.45) is 11.3 Å². The van der Waals surface area contributed by atoms with E-state index in [9.17, 15) is 19.2 Å². The van der Waals surface area contributed by atoms with Crippen molar-refractivity contribution in [1.82, 2.24) is 25.6 Å². The zero-order chi connectivity index (χ0) is 34.4. The molecule has 1 aliphatic heterocycles. The summed E-state index contributed by atoms with van der Waals surface area (Å²) in [6.07, 6.45) is 7.31. The highest BCUT2D eigenvalue weighted by Crippen LogP contribution is 2.27. The molecule has 1 aromatic heterocycles. The van der Waals surface area contributed by atoms with Gasteiger partial charge in [-0.1, -0.05) is 79.8 Å². The average Bonchev–Trinajstić information content (AvgIpc) is 3.00. The van der Waals surface area contributed by atoms with Crippen LogP contribution in [-0.4, -0.2) is 80.7 Å². The number of rotatable bonds is 11. The van der Waals surface area contributed by atoms with E-state index in [0.29, 0.717) is 19.4 Å². The quantitative estimate of drug-likeness (QED) is 0.244. The summed E-state index contributed by atoms with van der Waals surface area (Å²) in [4.78, 5) is 58.9. The van der Waals surface area contributed by atoms with E-state index in [0.717, 1.165) is 22.9 Å². The van der Waals surface area contributed by atoms with Gasteiger partial charge >= 0.3 is 5.97 Å².